The topological polar surface area (TPSA) is 34.1 Å². The van der Waals surface area contributed by atoms with E-state index in [1.807, 2.05) is 36.4 Å². The summed E-state index contributed by atoms with van der Waals surface area (Å²) in [5, 5.41) is 0. The second-order valence-electron chi connectivity index (χ2n) is 9.47. The first kappa shape index (κ1) is 27.1. The molecule has 2 aromatic carbocycles. The minimum atomic E-state index is -0.00875. The molecule has 2 aromatic rings. The maximum Gasteiger partial charge on any atom is 0.196 e. The molecule has 0 aliphatic heterocycles. The predicted octanol–water partition coefficient (Wildman–Crippen LogP) is 9.08. The Bertz CT molecular complexity index is 906. The van der Waals surface area contributed by atoms with Crippen LogP contribution in [0.4, 0.5) is 0 Å². The van der Waals surface area contributed by atoms with Crippen molar-refractivity contribution in [3.8, 4) is 0 Å². The number of fused-ring (bicyclic) bond motifs is 2. The van der Waals surface area contributed by atoms with Crippen LogP contribution in [0, 0.1) is 11.8 Å². The van der Waals surface area contributed by atoms with Gasteiger partial charge in [0.05, 0.1) is 0 Å². The van der Waals surface area contributed by atoms with Gasteiger partial charge >= 0.3 is 0 Å². The van der Waals surface area contributed by atoms with E-state index in [1.54, 1.807) is 23.5 Å². The Kier molecular flexibility index (Phi) is 10.8. The van der Waals surface area contributed by atoms with Crippen LogP contribution in [0.1, 0.15) is 111 Å². The quantitative estimate of drug-likeness (QED) is 0.208. The lowest BCUT2D eigenvalue weighted by atomic mass is 9.84. The Labute approximate surface area is 215 Å². The van der Waals surface area contributed by atoms with Crippen molar-refractivity contribution in [1.82, 2.24) is 0 Å². The first-order valence-electron chi connectivity index (χ1n) is 13.2. The van der Waals surface area contributed by atoms with Crippen LogP contribution in [0.5, 0.6) is 0 Å². The molecule has 0 saturated carbocycles. The zero-order chi connectivity index (χ0) is 24.5. The maximum atomic E-state index is 13.9. The van der Waals surface area contributed by atoms with Crippen LogP contribution in [0.25, 0.3) is 0 Å². The molecule has 0 aromatic heterocycles. The van der Waals surface area contributed by atoms with E-state index < -0.39 is 0 Å². The third kappa shape index (κ3) is 6.37. The van der Waals surface area contributed by atoms with Gasteiger partial charge in [-0.2, -0.15) is 0 Å². The normalized spacial score (nSPS) is 14.6. The molecule has 1 aliphatic rings. The van der Waals surface area contributed by atoms with Gasteiger partial charge in [-0.3, -0.25) is 9.59 Å². The number of rotatable bonds is 14. The standard InChI is InChI=1S/C30H40O2S2/c1-5-9-13-21(7-3)19-33-25-17-11-15-23-27(25)30(32)28-24(29(23)31)16-12-18-26(28)34-20-22(8-4)14-10-6-2/h11-12,15-18,21-22H,5-10,13-14,19-20H2,1-4H3. The second-order valence-corrected chi connectivity index (χ2v) is 11.6. The van der Waals surface area contributed by atoms with Crippen molar-refractivity contribution >= 4 is 35.1 Å². The van der Waals surface area contributed by atoms with E-state index in [0.717, 1.165) is 34.1 Å². The van der Waals surface area contributed by atoms with Crippen molar-refractivity contribution in [2.75, 3.05) is 11.5 Å². The first-order valence-corrected chi connectivity index (χ1v) is 15.1. The summed E-state index contributed by atoms with van der Waals surface area (Å²) in [6.45, 7) is 8.97. The molecule has 2 atom stereocenters. The molecule has 0 saturated heterocycles. The molecule has 2 nitrogen and oxygen atoms in total. The predicted molar refractivity (Wildman–Crippen MR) is 148 cm³/mol. The number of benzene rings is 2. The summed E-state index contributed by atoms with van der Waals surface area (Å²) in [4.78, 5) is 29.3. The van der Waals surface area contributed by atoms with Gasteiger partial charge in [0, 0.05) is 43.6 Å². The van der Waals surface area contributed by atoms with E-state index in [9.17, 15) is 9.59 Å². The number of hydrogen-bond acceptors (Lipinski definition) is 4. The summed E-state index contributed by atoms with van der Waals surface area (Å²) >= 11 is 3.51. The van der Waals surface area contributed by atoms with Gasteiger partial charge in [-0.25, -0.2) is 0 Å². The van der Waals surface area contributed by atoms with Crippen molar-refractivity contribution in [1.29, 1.82) is 0 Å². The zero-order valence-electron chi connectivity index (χ0n) is 21.3. The van der Waals surface area contributed by atoms with Gasteiger partial charge in [-0.05, 0) is 36.8 Å². The average molecular weight is 497 g/mol. The summed E-state index contributed by atoms with van der Waals surface area (Å²) in [6, 6.07) is 11.6. The maximum absolute atomic E-state index is 13.9. The molecule has 2 unspecified atom stereocenters. The van der Waals surface area contributed by atoms with E-state index in [-0.39, 0.29) is 11.6 Å². The monoisotopic (exact) mass is 496 g/mol. The molecule has 0 amide bonds. The van der Waals surface area contributed by atoms with Crippen molar-refractivity contribution in [3.05, 3.63) is 58.7 Å². The Morgan fingerprint density at radius 3 is 1.47 bits per heavy atom. The lowest BCUT2D eigenvalue weighted by Gasteiger charge is -2.23. The lowest BCUT2D eigenvalue weighted by molar-refractivity contribution is 0.0974. The van der Waals surface area contributed by atoms with E-state index in [2.05, 4.69) is 27.7 Å². The van der Waals surface area contributed by atoms with E-state index in [4.69, 9.17) is 0 Å². The van der Waals surface area contributed by atoms with Crippen molar-refractivity contribution in [2.45, 2.75) is 88.9 Å². The van der Waals surface area contributed by atoms with Crippen molar-refractivity contribution in [3.63, 3.8) is 0 Å². The molecule has 0 N–H and O–H groups in total. The van der Waals surface area contributed by atoms with Gasteiger partial charge in [0.1, 0.15) is 0 Å². The Balaban J connectivity index is 1.87. The summed E-state index contributed by atoms with van der Waals surface area (Å²) in [6.07, 6.45) is 9.66. The van der Waals surface area contributed by atoms with Gasteiger partial charge in [-0.15, -0.1) is 23.5 Å². The minimum absolute atomic E-state index is 0.00875. The fourth-order valence-corrected chi connectivity index (χ4v) is 7.31. The largest absolute Gasteiger partial charge is 0.289 e. The number of hydrogen-bond donors (Lipinski definition) is 0. The van der Waals surface area contributed by atoms with Crippen molar-refractivity contribution in [2.24, 2.45) is 11.8 Å². The lowest BCUT2D eigenvalue weighted by Crippen LogP contribution is -2.23. The Morgan fingerprint density at radius 2 is 1.09 bits per heavy atom. The third-order valence-corrected chi connectivity index (χ3v) is 9.61. The minimum Gasteiger partial charge on any atom is -0.289 e. The summed E-state index contributed by atoms with van der Waals surface area (Å²) < 4.78 is 0. The highest BCUT2D eigenvalue weighted by Crippen LogP contribution is 2.39. The van der Waals surface area contributed by atoms with Gasteiger partial charge in [0.2, 0.25) is 0 Å². The molecule has 0 spiro atoms. The molecule has 0 radical (unpaired) electrons. The summed E-state index contributed by atoms with van der Waals surface area (Å²) in [7, 11) is 0. The van der Waals surface area contributed by atoms with Crippen LogP contribution in [0.3, 0.4) is 0 Å². The second kappa shape index (κ2) is 13.5. The summed E-state index contributed by atoms with van der Waals surface area (Å²) in [5.74, 6) is 3.29. The number of carbonyl (C=O) groups excluding carboxylic acids is 2. The molecule has 34 heavy (non-hydrogen) atoms. The molecule has 4 heteroatoms. The number of ketones is 2. The highest BCUT2D eigenvalue weighted by molar-refractivity contribution is 7.99. The molecular formula is C30H40O2S2. The van der Waals surface area contributed by atoms with Gasteiger partial charge in [0.15, 0.2) is 11.6 Å². The van der Waals surface area contributed by atoms with Gasteiger partial charge in [0.25, 0.3) is 0 Å². The fourth-order valence-electron chi connectivity index (χ4n) is 4.63. The third-order valence-electron chi connectivity index (χ3n) is 7.03. The molecule has 0 heterocycles. The van der Waals surface area contributed by atoms with E-state index >= 15 is 0 Å². The first-order chi connectivity index (χ1) is 16.5. The van der Waals surface area contributed by atoms with Crippen molar-refractivity contribution < 1.29 is 9.59 Å². The molecule has 0 fully saturated rings. The number of unbranched alkanes of at least 4 members (excludes halogenated alkanes) is 2. The summed E-state index contributed by atoms with van der Waals surface area (Å²) in [5.41, 5.74) is 2.39. The smallest absolute Gasteiger partial charge is 0.196 e. The SMILES string of the molecule is CCCCC(CC)CSc1cccc2c1C(=O)c1c(SCC(CC)CCCC)cccc1C2=O. The van der Waals surface area contributed by atoms with Crippen LogP contribution >= 0.6 is 23.5 Å². The molecule has 0 bridgehead atoms. The fraction of sp³-hybridized carbons (Fsp3) is 0.533. The van der Waals surface area contributed by atoms with Crippen LogP contribution in [-0.2, 0) is 0 Å². The molecule has 3 rings (SSSR count). The van der Waals surface area contributed by atoms with E-state index in [0.29, 0.717) is 34.1 Å². The van der Waals surface area contributed by atoms with Crippen LogP contribution in [0.2, 0.25) is 0 Å². The van der Waals surface area contributed by atoms with Gasteiger partial charge in [-0.1, -0.05) is 90.5 Å². The molecular weight excluding hydrogens is 456 g/mol. The number of carbonyl (C=O) groups is 2. The highest BCUT2D eigenvalue weighted by atomic mass is 32.2. The van der Waals surface area contributed by atoms with Gasteiger partial charge < -0.3 is 0 Å². The zero-order valence-corrected chi connectivity index (χ0v) is 23.0. The van der Waals surface area contributed by atoms with Crippen LogP contribution in [-0.4, -0.2) is 23.1 Å². The molecule has 184 valence electrons. The highest BCUT2D eigenvalue weighted by Gasteiger charge is 2.33. The van der Waals surface area contributed by atoms with Crippen LogP contribution in [0.15, 0.2) is 46.2 Å². The molecule has 1 aliphatic carbocycles. The average Bonchev–Trinajstić information content (AvgIpc) is 2.87. The van der Waals surface area contributed by atoms with E-state index in [1.165, 1.54) is 38.5 Å². The Hall–Kier alpha value is -1.52. The van der Waals surface area contributed by atoms with Crippen LogP contribution < -0.4 is 0 Å². The number of thioether (sulfide) groups is 2. The Morgan fingerprint density at radius 1 is 0.647 bits per heavy atom.